The van der Waals surface area contributed by atoms with E-state index in [2.05, 4.69) is 64.7 Å². The molecule has 2 fully saturated rings. The summed E-state index contributed by atoms with van der Waals surface area (Å²) in [6.07, 6.45) is 5.99. The Bertz CT molecular complexity index is 550. The summed E-state index contributed by atoms with van der Waals surface area (Å²) in [5.74, 6) is 0. The van der Waals surface area contributed by atoms with E-state index in [0.717, 1.165) is 39.0 Å². The zero-order valence-electron chi connectivity index (χ0n) is 16.3. The Balaban J connectivity index is 1.64. The molecule has 2 aliphatic rings. The Morgan fingerprint density at radius 2 is 1.69 bits per heavy atom. The molecule has 1 aliphatic carbocycles. The molecule has 2 amide bonds. The van der Waals surface area contributed by atoms with Crippen LogP contribution in [0.5, 0.6) is 0 Å². The summed E-state index contributed by atoms with van der Waals surface area (Å²) in [5.41, 5.74) is 1.28. The number of benzene rings is 1. The molecule has 2 atom stereocenters. The van der Waals surface area contributed by atoms with Crippen molar-refractivity contribution in [2.45, 2.75) is 57.2 Å². The van der Waals surface area contributed by atoms with Gasteiger partial charge in [-0.2, -0.15) is 0 Å². The van der Waals surface area contributed by atoms with Crippen molar-refractivity contribution in [2.24, 2.45) is 0 Å². The van der Waals surface area contributed by atoms with Crippen LogP contribution in [0.2, 0.25) is 0 Å². The first kappa shape index (κ1) is 19.2. The third-order valence-electron chi connectivity index (χ3n) is 5.85. The second-order valence-corrected chi connectivity index (χ2v) is 7.94. The van der Waals surface area contributed by atoms with Gasteiger partial charge < -0.3 is 15.5 Å². The van der Waals surface area contributed by atoms with Crippen molar-refractivity contribution in [3.8, 4) is 0 Å². The van der Waals surface area contributed by atoms with E-state index < -0.39 is 0 Å². The summed E-state index contributed by atoms with van der Waals surface area (Å²) in [5, 5.41) is 6.42. The van der Waals surface area contributed by atoms with Gasteiger partial charge in [-0.05, 0) is 32.4 Å². The molecule has 5 nitrogen and oxygen atoms in total. The Labute approximate surface area is 158 Å². The van der Waals surface area contributed by atoms with Crippen molar-refractivity contribution >= 4 is 6.03 Å². The van der Waals surface area contributed by atoms with Crippen molar-refractivity contribution in [2.75, 3.05) is 33.2 Å². The van der Waals surface area contributed by atoms with E-state index in [9.17, 15) is 4.79 Å². The lowest BCUT2D eigenvalue weighted by Crippen LogP contribution is -2.53. The van der Waals surface area contributed by atoms with Crippen LogP contribution in [0.25, 0.3) is 0 Å². The molecule has 1 aliphatic heterocycles. The minimum absolute atomic E-state index is 0.0144. The van der Waals surface area contributed by atoms with Crippen LogP contribution in [0, 0.1) is 0 Å². The molecule has 2 N–H and O–H groups in total. The number of urea groups is 1. The lowest BCUT2D eigenvalue weighted by atomic mass is 9.95. The molecule has 0 bridgehead atoms. The number of carbonyl (C=O) groups excluding carboxylic acids is 1. The lowest BCUT2D eigenvalue weighted by molar-refractivity contribution is 0.0947. The fraction of sp³-hybridized carbons (Fsp3) is 0.667. The number of carbonyl (C=O) groups is 1. The summed E-state index contributed by atoms with van der Waals surface area (Å²) in [6, 6.07) is 11.2. The van der Waals surface area contributed by atoms with Crippen LogP contribution in [0.4, 0.5) is 4.79 Å². The first-order chi connectivity index (χ1) is 12.6. The van der Waals surface area contributed by atoms with Gasteiger partial charge in [0.1, 0.15) is 0 Å². The highest BCUT2D eigenvalue weighted by molar-refractivity contribution is 5.74. The number of hydrogen-bond donors (Lipinski definition) is 2. The summed E-state index contributed by atoms with van der Waals surface area (Å²) in [7, 11) is 2.17. The highest BCUT2D eigenvalue weighted by Crippen LogP contribution is 2.25. The topological polar surface area (TPSA) is 47.6 Å². The fourth-order valence-electron chi connectivity index (χ4n) is 4.33. The predicted molar refractivity (Wildman–Crippen MR) is 106 cm³/mol. The van der Waals surface area contributed by atoms with E-state index in [1.165, 1.54) is 24.8 Å². The van der Waals surface area contributed by atoms with Crippen LogP contribution in [0.1, 0.15) is 50.6 Å². The maximum Gasteiger partial charge on any atom is 0.315 e. The Morgan fingerprint density at radius 3 is 2.35 bits per heavy atom. The van der Waals surface area contributed by atoms with Gasteiger partial charge in [0.05, 0.1) is 6.04 Å². The highest BCUT2D eigenvalue weighted by Gasteiger charge is 2.29. The molecule has 1 heterocycles. The van der Waals surface area contributed by atoms with Crippen molar-refractivity contribution < 1.29 is 4.79 Å². The maximum atomic E-state index is 12.5. The molecule has 26 heavy (non-hydrogen) atoms. The Kier molecular flexibility index (Phi) is 6.92. The number of nitrogens with zero attached hydrogens (tertiary/aromatic N) is 2. The second kappa shape index (κ2) is 9.38. The number of amides is 2. The van der Waals surface area contributed by atoms with E-state index in [-0.39, 0.29) is 18.1 Å². The molecule has 0 spiro atoms. The number of piperazine rings is 1. The molecule has 144 valence electrons. The van der Waals surface area contributed by atoms with Crippen LogP contribution in [0.3, 0.4) is 0 Å². The van der Waals surface area contributed by atoms with Gasteiger partial charge in [0.15, 0.2) is 0 Å². The average molecular weight is 359 g/mol. The normalized spacial score (nSPS) is 22.5. The number of hydrogen-bond acceptors (Lipinski definition) is 3. The quantitative estimate of drug-likeness (QED) is 0.851. The van der Waals surface area contributed by atoms with E-state index in [0.29, 0.717) is 6.04 Å². The molecule has 1 aromatic rings. The van der Waals surface area contributed by atoms with E-state index in [1.54, 1.807) is 0 Å². The van der Waals surface area contributed by atoms with Crippen molar-refractivity contribution in [1.82, 2.24) is 20.4 Å². The van der Waals surface area contributed by atoms with Crippen LogP contribution >= 0.6 is 0 Å². The van der Waals surface area contributed by atoms with Gasteiger partial charge in [0.2, 0.25) is 0 Å². The minimum atomic E-state index is -0.0144. The maximum absolute atomic E-state index is 12.5. The van der Waals surface area contributed by atoms with Crippen LogP contribution in [-0.4, -0.2) is 61.1 Å². The van der Waals surface area contributed by atoms with Gasteiger partial charge in [-0.15, -0.1) is 0 Å². The number of likely N-dealkylation sites (N-methyl/N-ethyl adjacent to an activating group) is 1. The Hall–Kier alpha value is -1.59. The Morgan fingerprint density at radius 1 is 1.04 bits per heavy atom. The largest absolute Gasteiger partial charge is 0.335 e. The standard InChI is InChI=1S/C21H34N4O/c1-17(22-21(26)23-19-11-7-4-8-12-19)20(18-9-5-3-6-10-18)25-15-13-24(2)14-16-25/h3,5-6,9-10,17,19-20H,4,7-8,11-16H2,1-2H3,(H2,22,23,26)/t17-,20+/m1/s1. The average Bonchev–Trinajstić information content (AvgIpc) is 2.65. The molecular formula is C21H34N4O. The van der Waals surface area contributed by atoms with Crippen molar-refractivity contribution in [1.29, 1.82) is 0 Å². The zero-order chi connectivity index (χ0) is 18.4. The summed E-state index contributed by atoms with van der Waals surface area (Å²) in [6.45, 7) is 6.35. The fourth-order valence-corrected chi connectivity index (χ4v) is 4.33. The zero-order valence-corrected chi connectivity index (χ0v) is 16.3. The predicted octanol–water partition coefficient (Wildman–Crippen LogP) is 3.00. The lowest BCUT2D eigenvalue weighted by Gasteiger charge is -2.41. The number of nitrogens with one attached hydrogen (secondary N) is 2. The molecule has 3 rings (SSSR count). The summed E-state index contributed by atoms with van der Waals surface area (Å²) in [4.78, 5) is 17.4. The van der Waals surface area contributed by atoms with E-state index >= 15 is 0 Å². The van der Waals surface area contributed by atoms with Crippen LogP contribution < -0.4 is 10.6 Å². The molecule has 1 saturated carbocycles. The summed E-state index contributed by atoms with van der Waals surface area (Å²) < 4.78 is 0. The third kappa shape index (κ3) is 5.21. The van der Waals surface area contributed by atoms with E-state index in [4.69, 9.17) is 0 Å². The second-order valence-electron chi connectivity index (χ2n) is 7.94. The first-order valence-corrected chi connectivity index (χ1v) is 10.2. The molecule has 0 unspecified atom stereocenters. The van der Waals surface area contributed by atoms with Crippen LogP contribution in [0.15, 0.2) is 30.3 Å². The van der Waals surface area contributed by atoms with Gasteiger partial charge >= 0.3 is 6.03 Å². The minimum Gasteiger partial charge on any atom is -0.335 e. The molecule has 1 saturated heterocycles. The number of rotatable bonds is 5. The van der Waals surface area contributed by atoms with Gasteiger partial charge in [0.25, 0.3) is 0 Å². The van der Waals surface area contributed by atoms with E-state index in [1.807, 2.05) is 0 Å². The van der Waals surface area contributed by atoms with Crippen LogP contribution in [-0.2, 0) is 0 Å². The summed E-state index contributed by atoms with van der Waals surface area (Å²) >= 11 is 0. The van der Waals surface area contributed by atoms with Crippen molar-refractivity contribution in [3.05, 3.63) is 35.9 Å². The monoisotopic (exact) mass is 358 g/mol. The van der Waals surface area contributed by atoms with Gasteiger partial charge in [-0.1, -0.05) is 49.6 Å². The third-order valence-corrected chi connectivity index (χ3v) is 5.85. The molecule has 5 heteroatoms. The molecule has 1 aromatic carbocycles. The van der Waals surface area contributed by atoms with Gasteiger partial charge in [0, 0.05) is 38.3 Å². The van der Waals surface area contributed by atoms with Crippen molar-refractivity contribution in [3.63, 3.8) is 0 Å². The van der Waals surface area contributed by atoms with Gasteiger partial charge in [-0.3, -0.25) is 4.90 Å². The van der Waals surface area contributed by atoms with Gasteiger partial charge in [-0.25, -0.2) is 4.79 Å². The smallest absolute Gasteiger partial charge is 0.315 e. The first-order valence-electron chi connectivity index (χ1n) is 10.2. The molecule has 0 aromatic heterocycles. The molecule has 0 radical (unpaired) electrons. The SMILES string of the molecule is C[C@@H](NC(=O)NC1CCCCC1)[C@@H](c1ccccc1)N1CCN(C)CC1. The highest BCUT2D eigenvalue weighted by atomic mass is 16.2. The molecular weight excluding hydrogens is 324 g/mol.